The van der Waals surface area contributed by atoms with Crippen molar-refractivity contribution >= 4 is 34.1 Å². The summed E-state index contributed by atoms with van der Waals surface area (Å²) in [6, 6.07) is 0. The summed E-state index contributed by atoms with van der Waals surface area (Å²) in [5.74, 6) is -0.411. The molecule has 0 aromatic carbocycles. The van der Waals surface area contributed by atoms with Crippen molar-refractivity contribution in [2.75, 3.05) is 18.4 Å². The molecule has 0 bridgehead atoms. The maximum absolute atomic E-state index is 12.9. The predicted molar refractivity (Wildman–Crippen MR) is 114 cm³/mol. The second-order valence-corrected chi connectivity index (χ2v) is 9.72. The fourth-order valence-corrected chi connectivity index (χ4v) is 5.36. The van der Waals surface area contributed by atoms with Gasteiger partial charge in [-0.25, -0.2) is 4.79 Å². The number of hydrogen-bond acceptors (Lipinski definition) is 5. The van der Waals surface area contributed by atoms with Crippen LogP contribution in [0.4, 0.5) is 5.00 Å². The van der Waals surface area contributed by atoms with E-state index >= 15 is 0 Å². The van der Waals surface area contributed by atoms with Crippen molar-refractivity contribution in [3.63, 3.8) is 0 Å². The SMILES string of the molecule is CC(C)OC(=O)c1c(NC(=O)C2CCN(C(=O)C(C)C)CC2)sc2c1CCCC2. The molecular formula is C22H32N2O4S. The molecule has 0 atom stereocenters. The molecule has 1 aliphatic carbocycles. The molecule has 0 radical (unpaired) electrons. The molecule has 2 aliphatic rings. The van der Waals surface area contributed by atoms with Crippen molar-refractivity contribution in [2.45, 2.75) is 72.3 Å². The summed E-state index contributed by atoms with van der Waals surface area (Å²) in [6.07, 6.45) is 5.09. The Morgan fingerprint density at radius 1 is 1.07 bits per heavy atom. The highest BCUT2D eigenvalue weighted by molar-refractivity contribution is 7.17. The van der Waals surface area contributed by atoms with Crippen molar-refractivity contribution in [2.24, 2.45) is 11.8 Å². The molecule has 2 heterocycles. The highest BCUT2D eigenvalue weighted by atomic mass is 32.1. The first kappa shape index (κ1) is 21.8. The Kier molecular flexibility index (Phi) is 6.98. The number of anilines is 1. The van der Waals surface area contributed by atoms with E-state index in [1.807, 2.05) is 32.6 Å². The molecule has 7 heteroatoms. The first-order valence-electron chi connectivity index (χ1n) is 10.7. The van der Waals surface area contributed by atoms with Crippen LogP contribution in [-0.2, 0) is 27.2 Å². The Hall–Kier alpha value is -1.89. The van der Waals surface area contributed by atoms with Gasteiger partial charge in [0.05, 0.1) is 11.7 Å². The summed E-state index contributed by atoms with van der Waals surface area (Å²) in [4.78, 5) is 40.9. The Bertz CT molecular complexity index is 776. The van der Waals surface area contributed by atoms with Crippen LogP contribution in [0.25, 0.3) is 0 Å². The summed E-state index contributed by atoms with van der Waals surface area (Å²) in [5.41, 5.74) is 1.61. The number of piperidine rings is 1. The molecule has 1 N–H and O–H groups in total. The average Bonchev–Trinajstić information content (AvgIpc) is 3.04. The Labute approximate surface area is 177 Å². The van der Waals surface area contributed by atoms with Gasteiger partial charge in [0.25, 0.3) is 0 Å². The van der Waals surface area contributed by atoms with Crippen LogP contribution in [0.1, 0.15) is 74.2 Å². The lowest BCUT2D eigenvalue weighted by molar-refractivity contribution is -0.137. The lowest BCUT2D eigenvalue weighted by Gasteiger charge is -2.32. The number of rotatable bonds is 5. The van der Waals surface area contributed by atoms with Crippen LogP contribution < -0.4 is 5.32 Å². The van der Waals surface area contributed by atoms with Crippen LogP contribution in [0.3, 0.4) is 0 Å². The topological polar surface area (TPSA) is 75.7 Å². The highest BCUT2D eigenvalue weighted by Crippen LogP contribution is 2.39. The molecule has 3 rings (SSSR count). The second-order valence-electron chi connectivity index (χ2n) is 8.61. The summed E-state index contributed by atoms with van der Waals surface area (Å²) in [5, 5.41) is 3.67. The largest absolute Gasteiger partial charge is 0.459 e. The second kappa shape index (κ2) is 9.28. The van der Waals surface area contributed by atoms with Crippen LogP contribution in [0.15, 0.2) is 0 Å². The lowest BCUT2D eigenvalue weighted by atomic mass is 9.94. The zero-order valence-electron chi connectivity index (χ0n) is 17.9. The molecule has 0 unspecified atom stereocenters. The monoisotopic (exact) mass is 420 g/mol. The third kappa shape index (κ3) is 5.00. The molecule has 6 nitrogen and oxygen atoms in total. The molecule has 29 heavy (non-hydrogen) atoms. The van der Waals surface area contributed by atoms with Crippen LogP contribution in [0.2, 0.25) is 0 Å². The minimum absolute atomic E-state index is 0.0210. The van der Waals surface area contributed by atoms with Crippen LogP contribution in [0, 0.1) is 11.8 Å². The van der Waals surface area contributed by atoms with Crippen molar-refractivity contribution < 1.29 is 19.1 Å². The van der Waals surface area contributed by atoms with E-state index < -0.39 is 0 Å². The molecule has 2 amide bonds. The Morgan fingerprint density at radius 3 is 2.34 bits per heavy atom. The molecule has 160 valence electrons. The number of fused-ring (bicyclic) bond motifs is 1. The molecule has 1 saturated heterocycles. The van der Waals surface area contributed by atoms with Gasteiger partial charge in [-0.3, -0.25) is 9.59 Å². The summed E-state index contributed by atoms with van der Waals surface area (Å²) in [7, 11) is 0. The minimum atomic E-state index is -0.341. The average molecular weight is 421 g/mol. The van der Waals surface area contributed by atoms with Crippen molar-refractivity contribution in [1.82, 2.24) is 4.90 Å². The van der Waals surface area contributed by atoms with Crippen LogP contribution in [0.5, 0.6) is 0 Å². The maximum Gasteiger partial charge on any atom is 0.341 e. The summed E-state index contributed by atoms with van der Waals surface area (Å²) >= 11 is 1.52. The Balaban J connectivity index is 1.71. The fourth-order valence-electron chi connectivity index (χ4n) is 4.08. The number of ether oxygens (including phenoxy) is 1. The quantitative estimate of drug-likeness (QED) is 0.730. The smallest absolute Gasteiger partial charge is 0.341 e. The minimum Gasteiger partial charge on any atom is -0.459 e. The van der Waals surface area contributed by atoms with Gasteiger partial charge < -0.3 is 15.0 Å². The van der Waals surface area contributed by atoms with Crippen molar-refractivity contribution in [3.8, 4) is 0 Å². The zero-order chi connectivity index (χ0) is 21.1. The number of esters is 1. The standard InChI is InChI=1S/C22H32N2O4S/c1-13(2)21(26)24-11-9-15(10-12-24)19(25)23-20-18(22(27)28-14(3)4)16-7-5-6-8-17(16)29-20/h13-15H,5-12H2,1-4H3,(H,23,25). The van der Waals surface area contributed by atoms with Gasteiger partial charge in [0.2, 0.25) is 11.8 Å². The lowest BCUT2D eigenvalue weighted by Crippen LogP contribution is -2.43. The number of aryl methyl sites for hydroxylation is 1. The highest BCUT2D eigenvalue weighted by Gasteiger charge is 2.31. The summed E-state index contributed by atoms with van der Waals surface area (Å²) < 4.78 is 5.46. The van der Waals surface area contributed by atoms with E-state index in [-0.39, 0.29) is 35.7 Å². The number of thiophene rings is 1. The van der Waals surface area contributed by atoms with Crippen molar-refractivity contribution in [3.05, 3.63) is 16.0 Å². The number of amides is 2. The van der Waals surface area contributed by atoms with E-state index in [0.717, 1.165) is 31.2 Å². The molecule has 0 spiro atoms. The molecule has 1 fully saturated rings. The van der Waals surface area contributed by atoms with Gasteiger partial charge in [-0.2, -0.15) is 0 Å². The van der Waals surface area contributed by atoms with E-state index in [9.17, 15) is 14.4 Å². The third-order valence-electron chi connectivity index (χ3n) is 5.63. The van der Waals surface area contributed by atoms with Gasteiger partial charge in [0, 0.05) is 29.8 Å². The van der Waals surface area contributed by atoms with Gasteiger partial charge in [0.15, 0.2) is 0 Å². The van der Waals surface area contributed by atoms with Gasteiger partial charge in [-0.15, -0.1) is 11.3 Å². The van der Waals surface area contributed by atoms with Crippen LogP contribution in [-0.4, -0.2) is 41.9 Å². The number of carbonyl (C=O) groups excluding carboxylic acids is 3. The molecule has 1 aromatic heterocycles. The normalized spacial score (nSPS) is 17.4. The van der Waals surface area contributed by atoms with Gasteiger partial charge in [-0.05, 0) is 57.9 Å². The number of nitrogens with zero attached hydrogens (tertiary/aromatic N) is 1. The Morgan fingerprint density at radius 2 is 1.72 bits per heavy atom. The number of nitrogens with one attached hydrogen (secondary N) is 1. The van der Waals surface area contributed by atoms with E-state index in [1.54, 1.807) is 0 Å². The van der Waals surface area contributed by atoms with E-state index in [1.165, 1.54) is 16.2 Å². The summed E-state index contributed by atoms with van der Waals surface area (Å²) in [6.45, 7) is 8.69. The molecule has 1 aliphatic heterocycles. The van der Waals surface area contributed by atoms with Gasteiger partial charge in [-0.1, -0.05) is 13.8 Å². The number of hydrogen-bond donors (Lipinski definition) is 1. The van der Waals surface area contributed by atoms with E-state index in [4.69, 9.17) is 4.74 Å². The zero-order valence-corrected chi connectivity index (χ0v) is 18.7. The predicted octanol–water partition coefficient (Wildman–Crippen LogP) is 4.03. The molecule has 0 saturated carbocycles. The van der Waals surface area contributed by atoms with E-state index in [2.05, 4.69) is 5.32 Å². The van der Waals surface area contributed by atoms with Crippen LogP contribution >= 0.6 is 11.3 Å². The maximum atomic E-state index is 12.9. The fraction of sp³-hybridized carbons (Fsp3) is 0.682. The number of likely N-dealkylation sites (tertiary alicyclic amines) is 1. The molecular weight excluding hydrogens is 388 g/mol. The van der Waals surface area contributed by atoms with Gasteiger partial charge in [0.1, 0.15) is 5.00 Å². The first-order valence-corrected chi connectivity index (χ1v) is 11.5. The third-order valence-corrected chi connectivity index (χ3v) is 6.83. The van der Waals surface area contributed by atoms with Gasteiger partial charge >= 0.3 is 5.97 Å². The molecule has 1 aromatic rings. The van der Waals surface area contributed by atoms with Crippen molar-refractivity contribution in [1.29, 1.82) is 0 Å². The number of carbonyl (C=O) groups is 3. The first-order chi connectivity index (χ1) is 13.8. The van der Waals surface area contributed by atoms with E-state index in [0.29, 0.717) is 36.5 Å².